The number of amides is 1. The van der Waals surface area contributed by atoms with E-state index in [1.165, 1.54) is 18.2 Å². The summed E-state index contributed by atoms with van der Waals surface area (Å²) in [4.78, 5) is 33.5. The summed E-state index contributed by atoms with van der Waals surface area (Å²) >= 11 is 3.53. The molecule has 4 aromatic rings. The normalized spacial score (nSPS) is 26.1. The van der Waals surface area contributed by atoms with Crippen LogP contribution in [-0.4, -0.2) is 40.5 Å². The van der Waals surface area contributed by atoms with Crippen molar-refractivity contribution in [2.75, 3.05) is 0 Å². The third-order valence-electron chi connectivity index (χ3n) is 9.96. The Balaban J connectivity index is 1.37. The summed E-state index contributed by atoms with van der Waals surface area (Å²) in [6, 6.07) is 20.9. The van der Waals surface area contributed by atoms with Crippen LogP contribution in [0.5, 0.6) is 5.75 Å². The number of nitrogens with one attached hydrogen (secondary N) is 1. The molecule has 1 amide bonds. The van der Waals surface area contributed by atoms with Crippen LogP contribution in [0, 0.1) is 12.3 Å². The van der Waals surface area contributed by atoms with Crippen LogP contribution < -0.4 is 10.1 Å². The largest absolute Gasteiger partial charge is 0.573 e. The van der Waals surface area contributed by atoms with Gasteiger partial charge in [0.15, 0.2) is 0 Å². The lowest BCUT2D eigenvalue weighted by Crippen LogP contribution is -2.67. The Bertz CT molecular complexity index is 1950. The molecule has 1 aliphatic heterocycles. The van der Waals surface area contributed by atoms with E-state index >= 15 is 0 Å². The first-order valence-electron chi connectivity index (χ1n) is 15.8. The van der Waals surface area contributed by atoms with Crippen LogP contribution >= 0.6 is 15.9 Å². The Kier molecular flexibility index (Phi) is 7.49. The van der Waals surface area contributed by atoms with E-state index in [0.717, 1.165) is 10.0 Å². The van der Waals surface area contributed by atoms with Gasteiger partial charge in [-0.25, -0.2) is 4.98 Å². The molecular formula is C37H34BrF3N2O5. The third kappa shape index (κ3) is 5.17. The molecular weight excluding hydrogens is 689 g/mol. The van der Waals surface area contributed by atoms with E-state index in [-0.39, 0.29) is 18.4 Å². The second kappa shape index (κ2) is 11.0. The van der Waals surface area contributed by atoms with Crippen LogP contribution in [0.1, 0.15) is 67.9 Å². The molecule has 0 spiro atoms. The first kappa shape index (κ1) is 32.6. The van der Waals surface area contributed by atoms with Crippen LogP contribution in [0.15, 0.2) is 77.3 Å². The van der Waals surface area contributed by atoms with Gasteiger partial charge in [-0.3, -0.25) is 9.59 Å². The second-order valence-corrected chi connectivity index (χ2v) is 14.9. The quantitative estimate of drug-likeness (QED) is 0.159. The van der Waals surface area contributed by atoms with Gasteiger partial charge in [0, 0.05) is 21.0 Å². The number of nitrogens with zero attached hydrogens (tertiary/aromatic N) is 1. The highest BCUT2D eigenvalue weighted by Crippen LogP contribution is 2.73. The Morgan fingerprint density at radius 2 is 1.62 bits per heavy atom. The van der Waals surface area contributed by atoms with Gasteiger partial charge in [0.2, 0.25) is 0 Å². The minimum Gasteiger partial charge on any atom is -0.459 e. The monoisotopic (exact) mass is 722 g/mol. The number of rotatable bonds is 6. The molecule has 2 bridgehead atoms. The maximum atomic E-state index is 14.8. The maximum absolute atomic E-state index is 14.8. The number of benzene rings is 3. The molecule has 2 atom stereocenters. The van der Waals surface area contributed by atoms with Crippen molar-refractivity contribution in [2.45, 2.75) is 82.6 Å². The number of hydrogen-bond acceptors (Lipinski definition) is 6. The molecule has 8 rings (SSSR count). The first-order chi connectivity index (χ1) is 22.6. The summed E-state index contributed by atoms with van der Waals surface area (Å²) in [7, 11) is 0. The van der Waals surface area contributed by atoms with Crippen LogP contribution in [-0.2, 0) is 19.9 Å². The van der Waals surface area contributed by atoms with Gasteiger partial charge in [-0.05, 0) is 83.2 Å². The molecule has 1 N–H and O–H groups in total. The maximum Gasteiger partial charge on any atom is 0.573 e. The lowest BCUT2D eigenvalue weighted by molar-refractivity contribution is -0.275. The zero-order chi connectivity index (χ0) is 34.3. The number of carbonyl (C=O) groups is 2. The van der Waals surface area contributed by atoms with Gasteiger partial charge >= 0.3 is 12.3 Å². The van der Waals surface area contributed by atoms with Crippen molar-refractivity contribution in [1.29, 1.82) is 0 Å². The van der Waals surface area contributed by atoms with Crippen molar-refractivity contribution >= 4 is 38.7 Å². The standard InChI is InChI=1S/C37H34BrF3N2O5/c1-21-28(24-20-23(38)14-15-26(24)42-29(21)22-10-6-5-7-11-22)30(44)43-35-18-16-34(17-19-35,32(45)48-33(2,3)4)31-36(35,47-31)25-12-8-9-13-27(25)46-37(39,40)41/h5-15,20,31H,16-19H2,1-4H3,(H,43,44). The van der Waals surface area contributed by atoms with Crippen LogP contribution in [0.4, 0.5) is 13.2 Å². The van der Waals surface area contributed by atoms with Crippen LogP contribution in [0.3, 0.4) is 0 Å². The van der Waals surface area contributed by atoms with E-state index < -0.39 is 52.2 Å². The summed E-state index contributed by atoms with van der Waals surface area (Å²) in [5, 5.41) is 3.92. The average Bonchev–Trinajstić information content (AvgIpc) is 3.80. The molecule has 4 fully saturated rings. The minimum atomic E-state index is -4.97. The molecule has 0 radical (unpaired) electrons. The smallest absolute Gasteiger partial charge is 0.459 e. The fourth-order valence-electron chi connectivity index (χ4n) is 7.91. The lowest BCUT2D eigenvalue weighted by atomic mass is 9.51. The number of para-hydroxylation sites is 1. The Labute approximate surface area is 284 Å². The number of alkyl halides is 3. The summed E-state index contributed by atoms with van der Waals surface area (Å²) in [5.74, 6) is -1.30. The zero-order valence-electron chi connectivity index (χ0n) is 26.8. The highest BCUT2D eigenvalue weighted by atomic mass is 79.9. The molecule has 2 unspecified atom stereocenters. The summed E-state index contributed by atoms with van der Waals surface area (Å²) < 4.78 is 58.8. The number of aromatic nitrogens is 1. The van der Waals surface area contributed by atoms with Crippen molar-refractivity contribution in [3.8, 4) is 17.0 Å². The van der Waals surface area contributed by atoms with E-state index in [4.69, 9.17) is 14.5 Å². The predicted molar refractivity (Wildman–Crippen MR) is 176 cm³/mol. The molecule has 11 heteroatoms. The van der Waals surface area contributed by atoms with Gasteiger partial charge in [0.05, 0.1) is 27.7 Å². The molecule has 3 aromatic carbocycles. The fourth-order valence-corrected chi connectivity index (χ4v) is 8.27. The molecule has 7 nitrogen and oxygen atoms in total. The van der Waals surface area contributed by atoms with E-state index in [1.54, 1.807) is 26.8 Å². The predicted octanol–water partition coefficient (Wildman–Crippen LogP) is 8.55. The van der Waals surface area contributed by atoms with E-state index in [9.17, 15) is 22.8 Å². The average molecular weight is 724 g/mol. The van der Waals surface area contributed by atoms with Crippen LogP contribution in [0.2, 0.25) is 0 Å². The number of pyridine rings is 1. The van der Waals surface area contributed by atoms with Gasteiger partial charge in [0.1, 0.15) is 23.1 Å². The van der Waals surface area contributed by atoms with Crippen molar-refractivity contribution in [1.82, 2.24) is 10.3 Å². The Morgan fingerprint density at radius 1 is 0.958 bits per heavy atom. The highest BCUT2D eigenvalue weighted by Gasteiger charge is 2.84. The number of ether oxygens (including phenoxy) is 3. The zero-order valence-corrected chi connectivity index (χ0v) is 28.4. The summed E-state index contributed by atoms with van der Waals surface area (Å²) in [6.45, 7) is 7.16. The van der Waals surface area contributed by atoms with Crippen molar-refractivity contribution in [2.24, 2.45) is 5.41 Å². The number of carbonyl (C=O) groups excluding carboxylic acids is 2. The second-order valence-electron chi connectivity index (χ2n) is 14.0. The van der Waals surface area contributed by atoms with Gasteiger partial charge in [0.25, 0.3) is 5.91 Å². The number of esters is 1. The van der Waals surface area contributed by atoms with E-state index in [0.29, 0.717) is 40.6 Å². The number of fused-ring (bicyclic) bond motifs is 3. The number of epoxide rings is 1. The Hall–Kier alpha value is -3.96. The topological polar surface area (TPSA) is 90.1 Å². The molecule has 3 saturated carbocycles. The molecule has 250 valence electrons. The number of halogens is 4. The van der Waals surface area contributed by atoms with Crippen molar-refractivity contribution in [3.63, 3.8) is 0 Å². The van der Waals surface area contributed by atoms with Crippen LogP contribution in [0.25, 0.3) is 22.2 Å². The minimum absolute atomic E-state index is 0.129. The molecule has 4 aliphatic rings. The van der Waals surface area contributed by atoms with Crippen molar-refractivity contribution < 1.29 is 37.0 Å². The molecule has 1 saturated heterocycles. The van der Waals surface area contributed by atoms with Crippen molar-refractivity contribution in [3.05, 3.63) is 94.0 Å². The molecule has 1 aromatic heterocycles. The third-order valence-corrected chi connectivity index (χ3v) is 10.5. The number of hydrogen-bond donors (Lipinski definition) is 1. The molecule has 2 heterocycles. The molecule has 3 aliphatic carbocycles. The summed E-state index contributed by atoms with van der Waals surface area (Å²) in [6.07, 6.45) is -4.62. The lowest BCUT2D eigenvalue weighted by Gasteiger charge is -2.53. The SMILES string of the molecule is Cc1c(-c2ccccc2)nc2ccc(Br)cc2c1C(=O)NC12CCC(C(=O)OC(C)(C)C)(CC1)C1OC12c1ccccc1OC(F)(F)F. The fraction of sp³-hybridized carbons (Fsp3) is 0.378. The van der Waals surface area contributed by atoms with Gasteiger partial charge in [-0.15, -0.1) is 13.2 Å². The van der Waals surface area contributed by atoms with Gasteiger partial charge in [-0.1, -0.05) is 64.5 Å². The van der Waals surface area contributed by atoms with Gasteiger partial charge < -0.3 is 19.5 Å². The van der Waals surface area contributed by atoms with Gasteiger partial charge in [-0.2, -0.15) is 0 Å². The van der Waals surface area contributed by atoms with E-state index in [1.807, 2.05) is 55.5 Å². The van der Waals surface area contributed by atoms with E-state index in [2.05, 4.69) is 26.0 Å². The summed E-state index contributed by atoms with van der Waals surface area (Å²) in [5.41, 5.74) is -1.25. The first-order valence-corrected chi connectivity index (χ1v) is 16.6. The molecule has 48 heavy (non-hydrogen) atoms. The Morgan fingerprint density at radius 3 is 2.29 bits per heavy atom. The highest BCUT2D eigenvalue weighted by molar-refractivity contribution is 9.10.